The van der Waals surface area contributed by atoms with E-state index < -0.39 is 315 Å². The molecule has 24 atom stereocenters. The molecule has 0 radical (unpaired) electrons. The van der Waals surface area contributed by atoms with Gasteiger partial charge in [0.15, 0.2) is 88.6 Å². The monoisotopic (exact) mass is 2110 g/mol. The van der Waals surface area contributed by atoms with Gasteiger partial charge in [0.25, 0.3) is 0 Å². The molecule has 16 N–H and O–H groups in total. The average Bonchev–Trinajstić information content (AvgIpc) is 1.48. The second-order valence-corrected chi connectivity index (χ2v) is 36.1. The number of ether oxygens (including phenoxy) is 4. The predicted octanol–water partition coefficient (Wildman–Crippen LogP) is 8.73. The smallest absolute Gasteiger partial charge is 0.191 e. The van der Waals surface area contributed by atoms with Gasteiger partial charge in [-0.3, -0.25) is 0 Å². The third-order valence-electron chi connectivity index (χ3n) is 23.7. The van der Waals surface area contributed by atoms with Gasteiger partial charge in [-0.2, -0.15) is 0 Å². The van der Waals surface area contributed by atoms with Crippen molar-refractivity contribution in [3.63, 3.8) is 0 Å². The van der Waals surface area contributed by atoms with Crippen LogP contribution in [0.1, 0.15) is 251 Å². The topological polar surface area (TPSA) is 554 Å². The lowest BCUT2D eigenvalue weighted by Crippen LogP contribution is -2.33. The Morgan fingerprint density at radius 3 is 0.847 bits per heavy atom. The molecular weight excluding hydrogens is 1950 g/mol. The molecule has 8 aromatic heterocycles. The zero-order valence-corrected chi connectivity index (χ0v) is 80.2. The van der Waals surface area contributed by atoms with Gasteiger partial charge in [0.1, 0.15) is 72.1 Å². The maximum Gasteiger partial charge on any atom is 0.191 e. The van der Waals surface area contributed by atoms with Crippen LogP contribution in [0.5, 0.6) is 0 Å². The van der Waals surface area contributed by atoms with Crippen LogP contribution in [0.3, 0.4) is 0 Å². The Morgan fingerprint density at radius 1 is 0.354 bits per heavy atom. The summed E-state index contributed by atoms with van der Waals surface area (Å²) in [6, 6.07) is 0.0117. The molecule has 48 heteroatoms. The lowest BCUT2D eigenvalue weighted by molar-refractivity contribution is -0.0629. The summed E-state index contributed by atoms with van der Waals surface area (Å²) in [4.78, 5) is 33.8. The van der Waals surface area contributed by atoms with Crippen LogP contribution in [-0.4, -0.2) is 334 Å². The highest BCUT2D eigenvalue weighted by Gasteiger charge is 2.51. The van der Waals surface area contributed by atoms with Gasteiger partial charge in [-0.25, -0.2) is 76.2 Å². The number of nitrogens with one attached hydrogen (secondary N) is 4. The van der Waals surface area contributed by atoms with Crippen LogP contribution in [0.2, 0.25) is 0 Å². The molecule has 8 saturated carbocycles. The number of hydrogen-bond donors (Lipinski definition) is 16. The van der Waals surface area contributed by atoms with Gasteiger partial charge in [-0.05, 0) is 147 Å². The molecule has 776 valence electrons. The summed E-state index contributed by atoms with van der Waals surface area (Å²) >= 11 is 1.04. The van der Waals surface area contributed by atoms with Crippen molar-refractivity contribution >= 4 is 115 Å². The first-order valence-electron chi connectivity index (χ1n) is 64.1. The molecule has 0 aliphatic heterocycles. The minimum absolute atomic E-state index is 0.00806. The fourth-order valence-electron chi connectivity index (χ4n) is 16.1. The van der Waals surface area contributed by atoms with Crippen molar-refractivity contribution in [3.05, 3.63) is 141 Å². The van der Waals surface area contributed by atoms with Crippen molar-refractivity contribution < 1.29 is 153 Å². The number of aryl methyl sites for hydroxylation is 4. The Bertz CT molecular complexity index is 8570. The second kappa shape index (κ2) is 47.3. The Morgan fingerprint density at radius 2 is 0.611 bits per heavy atom. The van der Waals surface area contributed by atoms with Gasteiger partial charge < -0.3 is 101 Å². The normalized spacial score (nSPS) is 38.4. The molecule has 0 amide bonds. The van der Waals surface area contributed by atoms with Gasteiger partial charge in [0, 0.05) is 135 Å². The average molecular weight is 2110 g/mol. The van der Waals surface area contributed by atoms with E-state index in [1.807, 2.05) is 0 Å². The molecule has 8 aliphatic carbocycles. The van der Waals surface area contributed by atoms with E-state index in [0.717, 1.165) is 70.7 Å². The largest absolute Gasteiger partial charge is 0.394 e. The minimum atomic E-state index is -3.49. The number of rotatable bonds is 40. The van der Waals surface area contributed by atoms with Crippen molar-refractivity contribution in [2.75, 3.05) is 96.8 Å². The molecule has 144 heavy (non-hydrogen) atoms. The fourth-order valence-corrected chi connectivity index (χ4v) is 18.0. The molecule has 40 nitrogen and oxygen atoms in total. The number of aliphatic hydroxyl groups excluding tert-OH is 10. The highest BCUT2D eigenvalue weighted by atomic mass is 32.2. The number of benzene rings is 4. The van der Waals surface area contributed by atoms with E-state index >= 15 is 0 Å². The van der Waals surface area contributed by atoms with E-state index in [1.54, 1.807) is 0 Å². The molecule has 8 fully saturated rings. The number of aliphatic hydroxyl groups is 12. The zero-order valence-electron chi connectivity index (χ0n) is 117. The Kier molecular flexibility index (Phi) is 21.7. The van der Waals surface area contributed by atoms with E-state index in [2.05, 4.69) is 102 Å². The van der Waals surface area contributed by atoms with E-state index in [1.165, 1.54) is 76.2 Å². The SMILES string of the molecule is [2H]C([2H])(C)C([2H])([2H])Sc1nc(N[C@]2([2H])C([2H])([2H])[C@@]2([2H])c2ccc(C)c(F)c2)c2nnn([C@@H]3C[C@H](OC([2H])([2H])C([2H])([2H])O)[C@@H](O)[C@H]3O)c2n1.[2H]C([2H])(C)C([2H])([2H])Sc1nc(N[C@]2([2H])C([2H])([2H])[C@@]2([2H])c2ccc(C)c(F)c2)c2nnn([C@@H]3C[C@H](OCCO)[C@@H](O)[C@H]3O)c2n1.[2H]C([2H])(CO)O[C@H]1C[C@@H](n2nnc3c(N[C@]4([2H])C([2H])([2H])[C@@]4([2H])c4ccc(C)c(F)c4)nc(SC([2H])([2H])C([2H])([2H])C)nc32)[C@H](O)[C@@H]1O.[2H]C([2H])(O)CO[C@H]1C[C@@H](n2nnc3c(N[C@]4([2H])C([2H])([2H])[C@@]4([2H])c4ccc(C)c(F)c4)nc(SC([2H])([2H])C([2H])([2H])C)nc32)[C@H](O)[C@@H]1O. The van der Waals surface area contributed by atoms with Crippen LogP contribution in [0.4, 0.5) is 40.8 Å². The molecule has 20 rings (SSSR count). The summed E-state index contributed by atoms with van der Waals surface area (Å²) in [6.45, 7) is -4.40. The summed E-state index contributed by atoms with van der Waals surface area (Å²) in [6.07, 6.45) is -38.8. The molecular formula is C96H124F4N24O16S4. The number of halogens is 4. The van der Waals surface area contributed by atoms with Crippen molar-refractivity contribution in [1.29, 1.82) is 0 Å². The molecule has 0 unspecified atom stereocenters. The fraction of sp³-hybridized carbons (Fsp3) is 0.583. The summed E-state index contributed by atoms with van der Waals surface area (Å²) < 4.78 is 412. The lowest BCUT2D eigenvalue weighted by Gasteiger charge is -2.17. The van der Waals surface area contributed by atoms with Crippen molar-refractivity contribution in [2.45, 2.75) is 298 Å². The molecule has 0 saturated heterocycles. The van der Waals surface area contributed by atoms with Crippen molar-refractivity contribution in [1.82, 2.24) is 99.8 Å². The van der Waals surface area contributed by atoms with Gasteiger partial charge in [-0.15, -0.1) is 20.4 Å². The first kappa shape index (κ1) is 66.0. The Hall–Kier alpha value is -9.52. The predicted molar refractivity (Wildman–Crippen MR) is 530 cm³/mol. The number of fused-ring (bicyclic) bond motifs is 4. The minimum Gasteiger partial charge on any atom is -0.394 e. The summed E-state index contributed by atoms with van der Waals surface area (Å²) in [5.41, 5.74) is -11.8. The van der Waals surface area contributed by atoms with Crippen molar-refractivity contribution in [3.8, 4) is 0 Å². The molecule has 8 heterocycles. The molecule has 0 spiro atoms. The Labute approximate surface area is 899 Å². The number of nitrogens with zero attached hydrogens (tertiary/aromatic N) is 20. The quantitative estimate of drug-likeness (QED) is 0.00969. The van der Waals surface area contributed by atoms with E-state index in [4.69, 9.17) is 78.9 Å². The first-order valence-corrected chi connectivity index (χ1v) is 47.4. The van der Waals surface area contributed by atoms with Crippen LogP contribution in [0.15, 0.2) is 93.4 Å². The van der Waals surface area contributed by atoms with Gasteiger partial charge in [0.2, 0.25) is 0 Å². The summed E-state index contributed by atoms with van der Waals surface area (Å²) in [5, 5.41) is 164. The van der Waals surface area contributed by atoms with Gasteiger partial charge in [0.05, 0.1) is 118 Å². The van der Waals surface area contributed by atoms with Crippen LogP contribution in [-0.2, 0) is 18.9 Å². The molecule has 4 aromatic carbocycles. The second-order valence-electron chi connectivity index (χ2n) is 33.0. The number of hydrogen-bond acceptors (Lipinski definition) is 40. The number of thioether (sulfide) groups is 4. The van der Waals surface area contributed by atoms with Crippen LogP contribution in [0, 0.1) is 51.0 Å². The molecule has 8 aliphatic rings. The first-order chi connectivity index (χ1) is 84.0. The van der Waals surface area contributed by atoms with E-state index in [9.17, 15) is 73.7 Å². The molecule has 12 aromatic rings. The highest BCUT2D eigenvalue weighted by Crippen LogP contribution is 2.50. The third kappa shape index (κ3) is 23.8. The summed E-state index contributed by atoms with van der Waals surface area (Å²) in [5.74, 6) is -13.9. The van der Waals surface area contributed by atoms with E-state index in [0.29, 0.717) is 11.8 Å². The maximum absolute atomic E-state index is 14.5. The van der Waals surface area contributed by atoms with Crippen LogP contribution >= 0.6 is 47.0 Å². The van der Waals surface area contributed by atoms with Crippen LogP contribution in [0.25, 0.3) is 44.7 Å². The molecule has 0 bridgehead atoms. The third-order valence-corrected chi connectivity index (χ3v) is 26.4. The summed E-state index contributed by atoms with van der Waals surface area (Å²) in [7, 11) is 0. The number of anilines is 4. The van der Waals surface area contributed by atoms with E-state index in [-0.39, 0.29) is 174 Å². The van der Waals surface area contributed by atoms with Gasteiger partial charge in [-0.1, -0.05) is 144 Å². The van der Waals surface area contributed by atoms with Gasteiger partial charge >= 0.3 is 0 Å². The standard InChI is InChI=1S/4C24H31FN6O4S/c4*1-3-8-36-24-27-22(26-16-10-14(16)13-5-4-12(2)15(25)9-13)19-23(28-24)31(30-29-19)17-11-18(35-7-6-32)21(34)20(17)33/h4*4-5,9,14,16-18,20-21,32-34H,3,6-8,10-11H2,1-2H3,(H,26,27,28)/t4*14-,16+,17+,18-,20-,21+/m0000/s1/i3D2,6D2,7D2,8D2,10D2,14D,16D;3D2,7D2,8D2,10D2,14D,16D;3D2,6D2,8D2,10D2,14D,16D;3D2,8D2,10D2,14D,16D. The number of aromatic nitrogens is 20. The maximum atomic E-state index is 14.5. The Balaban J connectivity index is 0.000000161. The van der Waals surface area contributed by atoms with Crippen molar-refractivity contribution in [2.24, 2.45) is 0 Å². The lowest BCUT2D eigenvalue weighted by atomic mass is 10.1. The highest BCUT2D eigenvalue weighted by molar-refractivity contribution is 7.99. The zero-order chi connectivity index (χ0) is 138. The van der Waals surface area contributed by atoms with Crippen LogP contribution < -0.4 is 21.3 Å².